The van der Waals surface area contributed by atoms with Gasteiger partial charge in [0.15, 0.2) is 5.79 Å². The molecule has 0 aromatic heterocycles. The molecule has 0 aromatic carbocycles. The Morgan fingerprint density at radius 1 is 0.879 bits per heavy atom. The van der Waals surface area contributed by atoms with E-state index in [4.69, 9.17) is 9.47 Å². The number of aliphatic hydroxyl groups is 4. The molecular weight excluding hydrogens is 420 g/mol. The van der Waals surface area contributed by atoms with Crippen LogP contribution in [0.2, 0.25) is 0 Å². The maximum absolute atomic E-state index is 11.7. The molecule has 6 fully saturated rings. The van der Waals surface area contributed by atoms with E-state index in [2.05, 4.69) is 27.7 Å². The molecule has 0 bridgehead atoms. The molecule has 2 aliphatic heterocycles. The van der Waals surface area contributed by atoms with Gasteiger partial charge in [-0.1, -0.05) is 27.7 Å². The third kappa shape index (κ3) is 2.83. The molecule has 14 atom stereocenters. The monoisotopic (exact) mass is 464 g/mol. The molecule has 0 radical (unpaired) electrons. The topological polar surface area (TPSA) is 99.4 Å². The van der Waals surface area contributed by atoms with Gasteiger partial charge in [-0.3, -0.25) is 0 Å². The Kier molecular flexibility index (Phi) is 5.03. The number of hydrogen-bond donors (Lipinski definition) is 4. The van der Waals surface area contributed by atoms with E-state index in [9.17, 15) is 20.4 Å². The molecule has 6 rings (SSSR count). The summed E-state index contributed by atoms with van der Waals surface area (Å²) in [6.45, 7) is 9.90. The molecule has 0 amide bonds. The quantitative estimate of drug-likeness (QED) is 0.440. The van der Waals surface area contributed by atoms with Crippen LogP contribution in [0.1, 0.15) is 79.1 Å². The molecule has 6 nitrogen and oxygen atoms in total. The van der Waals surface area contributed by atoms with Gasteiger partial charge in [0.25, 0.3) is 0 Å². The van der Waals surface area contributed by atoms with Gasteiger partial charge < -0.3 is 29.9 Å². The molecule has 4 aliphatic carbocycles. The number of hydrogen-bond acceptors (Lipinski definition) is 6. The van der Waals surface area contributed by atoms with Gasteiger partial charge in [-0.15, -0.1) is 0 Å². The molecule has 4 N–H and O–H groups in total. The van der Waals surface area contributed by atoms with Crippen molar-refractivity contribution in [2.24, 2.45) is 46.3 Å². The first-order valence-electron chi connectivity index (χ1n) is 13.5. The average Bonchev–Trinajstić information content (AvgIpc) is 3.19. The highest BCUT2D eigenvalue weighted by molar-refractivity contribution is 5.20. The molecule has 2 heterocycles. The highest BCUT2D eigenvalue weighted by Crippen LogP contribution is 2.71. The maximum atomic E-state index is 11.7. The van der Waals surface area contributed by atoms with Crippen LogP contribution in [0.15, 0.2) is 0 Å². The van der Waals surface area contributed by atoms with E-state index >= 15 is 0 Å². The summed E-state index contributed by atoms with van der Waals surface area (Å²) < 4.78 is 13.2. The lowest BCUT2D eigenvalue weighted by Crippen LogP contribution is -2.70. The van der Waals surface area contributed by atoms with Crippen molar-refractivity contribution in [3.05, 3.63) is 0 Å². The summed E-state index contributed by atoms with van der Waals surface area (Å²) in [5, 5.41) is 43.8. The third-order valence-corrected chi connectivity index (χ3v) is 12.2. The highest BCUT2D eigenvalue weighted by atomic mass is 16.7. The molecule has 4 saturated carbocycles. The lowest BCUT2D eigenvalue weighted by atomic mass is 9.42. The van der Waals surface area contributed by atoms with Gasteiger partial charge in [0.1, 0.15) is 0 Å². The van der Waals surface area contributed by atoms with Crippen LogP contribution in [0.5, 0.6) is 0 Å². The molecule has 6 aliphatic rings. The second kappa shape index (κ2) is 7.17. The van der Waals surface area contributed by atoms with Crippen LogP contribution in [0.25, 0.3) is 0 Å². The minimum atomic E-state index is -1.34. The summed E-state index contributed by atoms with van der Waals surface area (Å²) in [7, 11) is 0. The molecule has 2 unspecified atom stereocenters. The van der Waals surface area contributed by atoms with Gasteiger partial charge in [-0.2, -0.15) is 0 Å². The predicted molar refractivity (Wildman–Crippen MR) is 122 cm³/mol. The fourth-order valence-corrected chi connectivity index (χ4v) is 10.3. The van der Waals surface area contributed by atoms with Crippen molar-refractivity contribution in [3.63, 3.8) is 0 Å². The van der Waals surface area contributed by atoms with Crippen molar-refractivity contribution in [3.8, 4) is 0 Å². The normalized spacial score (nSPS) is 64.7. The summed E-state index contributed by atoms with van der Waals surface area (Å²) in [5.41, 5.74) is -1.79. The zero-order valence-electron chi connectivity index (χ0n) is 20.7. The Morgan fingerprint density at radius 3 is 2.30 bits per heavy atom. The van der Waals surface area contributed by atoms with Crippen LogP contribution >= 0.6 is 0 Å². The summed E-state index contributed by atoms with van der Waals surface area (Å²) in [4.78, 5) is 0. The Bertz CT molecular complexity index is 795. The fourth-order valence-electron chi connectivity index (χ4n) is 10.3. The van der Waals surface area contributed by atoms with Gasteiger partial charge in [0.2, 0.25) is 0 Å². The van der Waals surface area contributed by atoms with Crippen LogP contribution < -0.4 is 0 Å². The molecule has 33 heavy (non-hydrogen) atoms. The van der Waals surface area contributed by atoms with Crippen LogP contribution in [-0.4, -0.2) is 62.8 Å². The largest absolute Gasteiger partial charge is 0.390 e. The fraction of sp³-hybridized carbons (Fsp3) is 1.00. The van der Waals surface area contributed by atoms with Crippen molar-refractivity contribution >= 4 is 0 Å². The van der Waals surface area contributed by atoms with E-state index in [0.29, 0.717) is 42.4 Å². The van der Waals surface area contributed by atoms with Crippen LogP contribution in [-0.2, 0) is 9.47 Å². The summed E-state index contributed by atoms with van der Waals surface area (Å²) >= 11 is 0. The van der Waals surface area contributed by atoms with E-state index < -0.39 is 35.1 Å². The Hall–Kier alpha value is -0.240. The molecule has 1 spiro atoms. The van der Waals surface area contributed by atoms with E-state index in [1.807, 2.05) is 0 Å². The van der Waals surface area contributed by atoms with Gasteiger partial charge in [0.05, 0.1) is 36.6 Å². The van der Waals surface area contributed by atoms with E-state index in [0.717, 1.165) is 38.7 Å². The van der Waals surface area contributed by atoms with Gasteiger partial charge >= 0.3 is 0 Å². The second-order valence-electron chi connectivity index (χ2n) is 13.5. The van der Waals surface area contributed by atoms with Gasteiger partial charge in [-0.25, -0.2) is 0 Å². The predicted octanol–water partition coefficient (Wildman–Crippen LogP) is 2.85. The maximum Gasteiger partial charge on any atom is 0.171 e. The SMILES string of the molecule is C[C@@H]1CC[C@@]2(OC1)O[C@H]1CC3[C@@H]4C[C@@H](O)[C@@]5(O)C[C@@H](O)[C@H](O)C[C@]5(C)C4CC[C@]3(C)[C@H]1[C@@H]2C. The zero-order chi connectivity index (χ0) is 23.6. The van der Waals surface area contributed by atoms with Gasteiger partial charge in [-0.05, 0) is 73.5 Å². The van der Waals surface area contributed by atoms with Crippen LogP contribution in [0, 0.1) is 46.3 Å². The molecule has 6 heteroatoms. The highest BCUT2D eigenvalue weighted by Gasteiger charge is 2.72. The van der Waals surface area contributed by atoms with Crippen LogP contribution in [0.3, 0.4) is 0 Å². The minimum absolute atomic E-state index is 0.0562. The number of fused-ring (bicyclic) bond motifs is 7. The third-order valence-electron chi connectivity index (χ3n) is 12.2. The van der Waals surface area contributed by atoms with Crippen molar-refractivity contribution in [1.82, 2.24) is 0 Å². The standard InChI is InChI=1S/C27H44O6/c1-14-5-8-27(32-13-14)15(2)23-21(33-27)10-18-16-9-22(30)26(31)12-20(29)19(28)11-25(26,4)17(16)6-7-24(18,23)3/h14-23,28-31H,5-13H2,1-4H3/t14-,15+,16-,17?,18?,19-,20-,21+,22-,23+,24+,25-,26+,27-/m1/s1. The summed E-state index contributed by atoms with van der Waals surface area (Å²) in [5.74, 6) is 1.97. The second-order valence-corrected chi connectivity index (χ2v) is 13.5. The number of aliphatic hydroxyl groups excluding tert-OH is 3. The van der Waals surface area contributed by atoms with E-state index in [1.165, 1.54) is 0 Å². The molecule has 2 saturated heterocycles. The van der Waals surface area contributed by atoms with Crippen molar-refractivity contribution < 1.29 is 29.9 Å². The lowest BCUT2D eigenvalue weighted by Gasteiger charge is -2.66. The first kappa shape index (κ1) is 23.2. The smallest absolute Gasteiger partial charge is 0.171 e. The first-order chi connectivity index (χ1) is 15.5. The molecular formula is C27H44O6. The first-order valence-corrected chi connectivity index (χ1v) is 13.5. The number of rotatable bonds is 0. The van der Waals surface area contributed by atoms with E-state index in [1.54, 1.807) is 0 Å². The minimum Gasteiger partial charge on any atom is -0.390 e. The van der Waals surface area contributed by atoms with Gasteiger partial charge in [0, 0.05) is 24.2 Å². The summed E-state index contributed by atoms with van der Waals surface area (Å²) in [6, 6.07) is 0. The summed E-state index contributed by atoms with van der Waals surface area (Å²) in [6.07, 6.45) is 3.71. The molecule has 188 valence electrons. The Balaban J connectivity index is 1.30. The Labute approximate surface area is 198 Å². The van der Waals surface area contributed by atoms with Crippen molar-refractivity contribution in [1.29, 1.82) is 0 Å². The number of ether oxygens (including phenoxy) is 2. The van der Waals surface area contributed by atoms with Crippen LogP contribution in [0.4, 0.5) is 0 Å². The van der Waals surface area contributed by atoms with E-state index in [-0.39, 0.29) is 23.9 Å². The molecule has 0 aromatic rings. The van der Waals surface area contributed by atoms with Crippen molar-refractivity contribution in [2.45, 2.75) is 115 Å². The lowest BCUT2D eigenvalue weighted by molar-refractivity contribution is -0.286. The Morgan fingerprint density at radius 2 is 1.61 bits per heavy atom. The zero-order valence-corrected chi connectivity index (χ0v) is 20.7. The van der Waals surface area contributed by atoms with Crippen molar-refractivity contribution in [2.75, 3.05) is 6.61 Å². The average molecular weight is 465 g/mol.